The third kappa shape index (κ3) is 21.3. The highest BCUT2D eigenvalue weighted by atomic mass is 16.5. The predicted octanol–water partition coefficient (Wildman–Crippen LogP) is 3.77. The van der Waals surface area contributed by atoms with Crippen LogP contribution in [0.5, 0.6) is 0 Å². The van der Waals surface area contributed by atoms with Crippen LogP contribution in [-0.4, -0.2) is 25.7 Å². The van der Waals surface area contributed by atoms with Crippen molar-refractivity contribution in [2.75, 3.05) is 19.8 Å². The monoisotopic (exact) mass is 247 g/mol. The molecular formula is C14H33NO2. The molecule has 17 heavy (non-hydrogen) atoms. The van der Waals surface area contributed by atoms with Crippen LogP contribution in [0, 0.1) is 0 Å². The second-order valence-electron chi connectivity index (χ2n) is 4.06. The van der Waals surface area contributed by atoms with E-state index in [1.807, 2.05) is 6.92 Å². The summed E-state index contributed by atoms with van der Waals surface area (Å²) >= 11 is 0. The number of carbonyl (C=O) groups excluding carboxylic acids is 1. The van der Waals surface area contributed by atoms with Gasteiger partial charge in [0.05, 0.1) is 0 Å². The van der Waals surface area contributed by atoms with E-state index in [-0.39, 0.29) is 7.33 Å². The van der Waals surface area contributed by atoms with Crippen LogP contribution >= 0.6 is 0 Å². The topological polar surface area (TPSA) is 38.3 Å². The lowest BCUT2D eigenvalue weighted by Gasteiger charge is -2.04. The van der Waals surface area contributed by atoms with Gasteiger partial charge in [-0.1, -0.05) is 40.0 Å². The average Bonchev–Trinajstić information content (AvgIpc) is 2.31. The van der Waals surface area contributed by atoms with Crippen molar-refractivity contribution in [1.82, 2.24) is 5.32 Å². The van der Waals surface area contributed by atoms with Crippen molar-refractivity contribution in [1.29, 1.82) is 0 Å². The lowest BCUT2D eigenvalue weighted by molar-refractivity contribution is -0.121. The molecule has 0 fully saturated rings. The maximum absolute atomic E-state index is 11.2. The largest absolute Gasteiger partial charge is 0.382 e. The zero-order valence-corrected chi connectivity index (χ0v) is 12.2. The van der Waals surface area contributed by atoms with Gasteiger partial charge in [-0.25, -0.2) is 0 Å². The van der Waals surface area contributed by atoms with Gasteiger partial charge < -0.3 is 10.1 Å². The van der Waals surface area contributed by atoms with Gasteiger partial charge in [0, 0.05) is 27.6 Å². The fourth-order valence-electron chi connectivity index (χ4n) is 1.17. The molecule has 0 aromatic carbocycles. The molecule has 0 radical (unpaired) electrons. The Balaban J connectivity index is -0.000000507. The smallest absolute Gasteiger partial charge is 0.220 e. The SMILES string of the molecule is CCC.CCCCCNC(=O)CCCOCC.[HH]. The molecule has 0 heterocycles. The molecule has 0 aliphatic rings. The standard InChI is InChI=1S/C11H23NO2.C3H8.H2/c1-3-5-6-9-12-11(13)8-7-10-14-4-2;1-3-2;/h3-10H2,1-2H3,(H,12,13);3H2,1-2H3;1H. The van der Waals surface area contributed by atoms with Crippen molar-refractivity contribution in [3.8, 4) is 0 Å². The maximum Gasteiger partial charge on any atom is 0.220 e. The van der Waals surface area contributed by atoms with E-state index >= 15 is 0 Å². The predicted molar refractivity (Wildman–Crippen MR) is 76.3 cm³/mol. The van der Waals surface area contributed by atoms with Crippen LogP contribution in [0.4, 0.5) is 0 Å². The molecule has 106 valence electrons. The number of ether oxygens (including phenoxy) is 1. The molecule has 1 amide bonds. The molecular weight excluding hydrogens is 214 g/mol. The van der Waals surface area contributed by atoms with Gasteiger partial charge in [-0.05, 0) is 19.8 Å². The maximum atomic E-state index is 11.2. The highest BCUT2D eigenvalue weighted by Crippen LogP contribution is 1.93. The van der Waals surface area contributed by atoms with Gasteiger partial charge in [0.25, 0.3) is 0 Å². The molecule has 0 bridgehead atoms. The van der Waals surface area contributed by atoms with E-state index in [0.717, 1.165) is 26.0 Å². The number of hydrogen-bond acceptors (Lipinski definition) is 2. The number of hydrogen-bond donors (Lipinski definition) is 1. The lowest BCUT2D eigenvalue weighted by Crippen LogP contribution is -2.24. The van der Waals surface area contributed by atoms with E-state index in [1.165, 1.54) is 19.3 Å². The Bertz CT molecular complexity index is 141. The first kappa shape index (κ1) is 18.8. The fraction of sp³-hybridized carbons (Fsp3) is 0.929. The van der Waals surface area contributed by atoms with Crippen molar-refractivity contribution in [2.24, 2.45) is 0 Å². The molecule has 0 atom stereocenters. The zero-order chi connectivity index (χ0) is 13.4. The molecule has 0 aromatic rings. The number of unbranched alkanes of at least 4 members (excludes halogenated alkanes) is 2. The van der Waals surface area contributed by atoms with Gasteiger partial charge in [0.2, 0.25) is 5.91 Å². The molecule has 0 unspecified atom stereocenters. The summed E-state index contributed by atoms with van der Waals surface area (Å²) in [5, 5.41) is 2.90. The van der Waals surface area contributed by atoms with Gasteiger partial charge in [-0.2, -0.15) is 0 Å². The van der Waals surface area contributed by atoms with Gasteiger partial charge in [0.15, 0.2) is 0 Å². The summed E-state index contributed by atoms with van der Waals surface area (Å²) < 4.78 is 5.15. The average molecular weight is 247 g/mol. The van der Waals surface area contributed by atoms with Gasteiger partial charge in [-0.15, -0.1) is 0 Å². The number of carbonyl (C=O) groups is 1. The molecule has 0 aromatic heterocycles. The number of nitrogens with one attached hydrogen (secondary N) is 1. The third-order valence-electron chi connectivity index (χ3n) is 2.00. The highest BCUT2D eigenvalue weighted by Gasteiger charge is 1.99. The van der Waals surface area contributed by atoms with E-state index in [1.54, 1.807) is 0 Å². The lowest BCUT2D eigenvalue weighted by atomic mass is 10.2. The number of rotatable bonds is 9. The first-order chi connectivity index (χ1) is 8.22. The Morgan fingerprint density at radius 2 is 1.76 bits per heavy atom. The number of amides is 1. The minimum absolute atomic E-state index is 0. The van der Waals surface area contributed by atoms with Gasteiger partial charge in [0.1, 0.15) is 0 Å². The summed E-state index contributed by atoms with van der Waals surface area (Å²) in [5.41, 5.74) is 0. The molecule has 0 saturated carbocycles. The van der Waals surface area contributed by atoms with Crippen LogP contribution in [0.1, 0.15) is 67.6 Å². The Kier molecular flexibility index (Phi) is 19.7. The second-order valence-corrected chi connectivity index (χ2v) is 4.06. The molecule has 1 N–H and O–H groups in total. The van der Waals surface area contributed by atoms with Crippen LogP contribution in [0.2, 0.25) is 0 Å². The second kappa shape index (κ2) is 17.8. The van der Waals surface area contributed by atoms with E-state index < -0.39 is 0 Å². The molecule has 0 aliphatic heterocycles. The normalized spacial score (nSPS) is 9.41. The minimum atomic E-state index is 0. The fourth-order valence-corrected chi connectivity index (χ4v) is 1.17. The minimum Gasteiger partial charge on any atom is -0.382 e. The van der Waals surface area contributed by atoms with E-state index in [4.69, 9.17) is 4.74 Å². The van der Waals surface area contributed by atoms with Gasteiger partial charge in [-0.3, -0.25) is 4.79 Å². The summed E-state index contributed by atoms with van der Waals surface area (Å²) in [5.74, 6) is 0.154. The molecule has 0 saturated heterocycles. The molecule has 3 nitrogen and oxygen atoms in total. The molecule has 0 aliphatic carbocycles. The van der Waals surface area contributed by atoms with Crippen LogP contribution < -0.4 is 5.32 Å². The summed E-state index contributed by atoms with van der Waals surface area (Å²) in [4.78, 5) is 11.2. The first-order valence-electron chi connectivity index (χ1n) is 7.07. The molecule has 0 rings (SSSR count). The quantitative estimate of drug-likeness (QED) is 0.630. The summed E-state index contributed by atoms with van der Waals surface area (Å²) in [6.07, 6.45) is 6.15. The zero-order valence-electron chi connectivity index (χ0n) is 12.2. The summed E-state index contributed by atoms with van der Waals surface area (Å²) in [6, 6.07) is 0. The highest BCUT2D eigenvalue weighted by molar-refractivity contribution is 5.75. The Labute approximate surface area is 109 Å². The van der Waals surface area contributed by atoms with Gasteiger partial charge >= 0.3 is 0 Å². The first-order valence-corrected chi connectivity index (χ1v) is 7.07. The van der Waals surface area contributed by atoms with Crippen LogP contribution in [0.25, 0.3) is 0 Å². The summed E-state index contributed by atoms with van der Waals surface area (Å²) in [7, 11) is 0. The third-order valence-corrected chi connectivity index (χ3v) is 2.00. The van der Waals surface area contributed by atoms with Crippen LogP contribution in [-0.2, 0) is 9.53 Å². The van der Waals surface area contributed by atoms with Crippen LogP contribution in [0.3, 0.4) is 0 Å². The van der Waals surface area contributed by atoms with Crippen molar-refractivity contribution < 1.29 is 11.0 Å². The van der Waals surface area contributed by atoms with Crippen molar-refractivity contribution in [2.45, 2.75) is 66.2 Å². The van der Waals surface area contributed by atoms with Crippen molar-refractivity contribution in [3.63, 3.8) is 0 Å². The van der Waals surface area contributed by atoms with Crippen LogP contribution in [0.15, 0.2) is 0 Å². The van der Waals surface area contributed by atoms with Crippen molar-refractivity contribution >= 4 is 5.91 Å². The van der Waals surface area contributed by atoms with Crippen molar-refractivity contribution in [3.05, 3.63) is 0 Å². The Morgan fingerprint density at radius 3 is 2.29 bits per heavy atom. The summed E-state index contributed by atoms with van der Waals surface area (Å²) in [6.45, 7) is 10.6. The van der Waals surface area contributed by atoms with E-state index in [0.29, 0.717) is 13.0 Å². The van der Waals surface area contributed by atoms with E-state index in [9.17, 15) is 4.79 Å². The Hall–Kier alpha value is -0.570. The molecule has 3 heteroatoms. The van der Waals surface area contributed by atoms with E-state index in [2.05, 4.69) is 26.1 Å². The molecule has 0 spiro atoms. The Morgan fingerprint density at radius 1 is 1.12 bits per heavy atom.